The van der Waals surface area contributed by atoms with Crippen LogP contribution in [-0.4, -0.2) is 40.5 Å². The summed E-state index contributed by atoms with van der Waals surface area (Å²) in [4.78, 5) is 33.2. The Balaban J connectivity index is 1.24. The minimum absolute atomic E-state index is 0.237. The molecule has 2 amide bonds. The summed E-state index contributed by atoms with van der Waals surface area (Å²) in [5.74, 6) is 2.64. The summed E-state index contributed by atoms with van der Waals surface area (Å²) in [6.07, 6.45) is 0.184. The highest BCUT2D eigenvalue weighted by molar-refractivity contribution is 8.15. The maximum atomic E-state index is 11.8. The Morgan fingerprint density at radius 2 is 1.75 bits per heavy atom. The second kappa shape index (κ2) is 9.94. The molecule has 9 heteroatoms. The summed E-state index contributed by atoms with van der Waals surface area (Å²) in [5.41, 5.74) is 3.71. The number of rotatable bonds is 8. The standard InChI is InChI=1S/C27H26N4O4S/c1-16(34-19-9-7-17(8-10-19)13-24-26(32)30-27(33)36-24)25-28-22-12-11-21(15-23(22)29-25)35-20-6-4-5-18(14-20)31(2)3/h4-12,14-16,24H,13H2,1-3H3,(H,28,29)(H,30,32,33). The van der Waals surface area contributed by atoms with E-state index in [1.54, 1.807) is 0 Å². The molecule has 3 aromatic carbocycles. The Bertz CT molecular complexity index is 1420. The third kappa shape index (κ3) is 5.31. The lowest BCUT2D eigenvalue weighted by Gasteiger charge is -2.14. The van der Waals surface area contributed by atoms with Gasteiger partial charge in [-0.05, 0) is 55.3 Å². The fraction of sp³-hybridized carbons (Fsp3) is 0.222. The van der Waals surface area contributed by atoms with Crippen LogP contribution >= 0.6 is 11.8 Å². The van der Waals surface area contributed by atoms with Gasteiger partial charge in [0.1, 0.15) is 23.1 Å². The van der Waals surface area contributed by atoms with E-state index in [0.29, 0.717) is 23.7 Å². The topological polar surface area (TPSA) is 96.5 Å². The SMILES string of the molecule is CC(Oc1ccc(CC2SC(=O)NC2=O)cc1)c1nc2ccc(Oc3cccc(N(C)C)c3)cc2[nH]1. The molecule has 1 saturated heterocycles. The van der Waals surface area contributed by atoms with Crippen LogP contribution in [0.3, 0.4) is 0 Å². The number of aromatic amines is 1. The molecule has 2 atom stereocenters. The minimum Gasteiger partial charge on any atom is -0.483 e. The number of H-pyrrole nitrogens is 1. The zero-order valence-electron chi connectivity index (χ0n) is 20.1. The number of carbonyl (C=O) groups is 2. The van der Waals surface area contributed by atoms with Crippen molar-refractivity contribution in [2.24, 2.45) is 0 Å². The first-order chi connectivity index (χ1) is 17.3. The summed E-state index contributed by atoms with van der Waals surface area (Å²) in [6.45, 7) is 1.93. The third-order valence-corrected chi connectivity index (χ3v) is 6.83. The molecule has 0 spiro atoms. The Morgan fingerprint density at radius 1 is 1.00 bits per heavy atom. The van der Waals surface area contributed by atoms with E-state index in [9.17, 15) is 9.59 Å². The highest BCUT2D eigenvalue weighted by Gasteiger charge is 2.31. The molecule has 1 aliphatic rings. The van der Waals surface area contributed by atoms with Crippen LogP contribution in [0.2, 0.25) is 0 Å². The Hall–Kier alpha value is -3.98. The number of nitrogens with one attached hydrogen (secondary N) is 2. The smallest absolute Gasteiger partial charge is 0.286 e. The Kier molecular flexibility index (Phi) is 6.56. The van der Waals surface area contributed by atoms with Gasteiger partial charge in [0.25, 0.3) is 5.24 Å². The van der Waals surface area contributed by atoms with Gasteiger partial charge in [-0.2, -0.15) is 0 Å². The van der Waals surface area contributed by atoms with Crippen molar-refractivity contribution in [3.05, 3.63) is 78.1 Å². The van der Waals surface area contributed by atoms with Crippen molar-refractivity contribution in [3.8, 4) is 17.2 Å². The predicted octanol–water partition coefficient (Wildman–Crippen LogP) is 5.46. The summed E-state index contributed by atoms with van der Waals surface area (Å²) < 4.78 is 12.1. The van der Waals surface area contributed by atoms with E-state index in [1.807, 2.05) is 92.6 Å². The number of carbonyl (C=O) groups excluding carboxylic acids is 2. The first-order valence-electron chi connectivity index (χ1n) is 11.6. The fourth-order valence-electron chi connectivity index (χ4n) is 3.93. The summed E-state index contributed by atoms with van der Waals surface area (Å²) >= 11 is 1.03. The van der Waals surface area contributed by atoms with Crippen molar-refractivity contribution >= 4 is 39.6 Å². The molecule has 0 radical (unpaired) electrons. The van der Waals surface area contributed by atoms with Crippen molar-refractivity contribution in [2.75, 3.05) is 19.0 Å². The van der Waals surface area contributed by atoms with Gasteiger partial charge in [0.15, 0.2) is 6.10 Å². The molecule has 1 aliphatic heterocycles. The molecule has 184 valence electrons. The van der Waals surface area contributed by atoms with Gasteiger partial charge in [0, 0.05) is 31.9 Å². The van der Waals surface area contributed by atoms with Crippen molar-refractivity contribution in [1.29, 1.82) is 0 Å². The highest BCUT2D eigenvalue weighted by atomic mass is 32.2. The average Bonchev–Trinajstić information content (AvgIpc) is 3.42. The van der Waals surface area contributed by atoms with Crippen molar-refractivity contribution in [1.82, 2.24) is 15.3 Å². The number of hydrogen-bond donors (Lipinski definition) is 2. The zero-order valence-corrected chi connectivity index (χ0v) is 21.0. The first-order valence-corrected chi connectivity index (χ1v) is 12.4. The van der Waals surface area contributed by atoms with E-state index in [0.717, 1.165) is 39.8 Å². The molecule has 0 saturated carbocycles. The molecule has 2 N–H and O–H groups in total. The fourth-order valence-corrected chi connectivity index (χ4v) is 4.79. The van der Waals surface area contributed by atoms with E-state index in [4.69, 9.17) is 9.47 Å². The van der Waals surface area contributed by atoms with Gasteiger partial charge >= 0.3 is 0 Å². The molecular weight excluding hydrogens is 476 g/mol. The van der Waals surface area contributed by atoms with Crippen LogP contribution in [0.5, 0.6) is 17.2 Å². The maximum Gasteiger partial charge on any atom is 0.286 e. The maximum absolute atomic E-state index is 11.8. The molecule has 1 aromatic heterocycles. The number of amides is 2. The molecule has 2 unspecified atom stereocenters. The largest absolute Gasteiger partial charge is 0.483 e. The molecular formula is C27H26N4O4S. The number of imide groups is 1. The Morgan fingerprint density at radius 3 is 2.47 bits per heavy atom. The van der Waals surface area contributed by atoms with Gasteiger partial charge in [-0.25, -0.2) is 4.98 Å². The van der Waals surface area contributed by atoms with Crippen LogP contribution in [0, 0.1) is 0 Å². The lowest BCUT2D eigenvalue weighted by molar-refractivity contribution is -0.118. The molecule has 0 bridgehead atoms. The van der Waals surface area contributed by atoms with E-state index in [2.05, 4.69) is 15.3 Å². The summed E-state index contributed by atoms with van der Waals surface area (Å²) in [7, 11) is 3.99. The van der Waals surface area contributed by atoms with Crippen LogP contribution in [0.4, 0.5) is 10.5 Å². The van der Waals surface area contributed by atoms with Crippen LogP contribution in [0.25, 0.3) is 11.0 Å². The van der Waals surface area contributed by atoms with E-state index in [1.165, 1.54) is 0 Å². The second-order valence-corrected chi connectivity index (χ2v) is 9.96. The van der Waals surface area contributed by atoms with Crippen molar-refractivity contribution in [3.63, 3.8) is 0 Å². The van der Waals surface area contributed by atoms with E-state index < -0.39 is 0 Å². The van der Waals surface area contributed by atoms with Crippen molar-refractivity contribution in [2.45, 2.75) is 24.7 Å². The minimum atomic E-state index is -0.385. The second-order valence-electron chi connectivity index (χ2n) is 8.79. The quantitative estimate of drug-likeness (QED) is 0.330. The van der Waals surface area contributed by atoms with E-state index in [-0.39, 0.29) is 22.5 Å². The van der Waals surface area contributed by atoms with Gasteiger partial charge in [0.2, 0.25) is 5.91 Å². The van der Waals surface area contributed by atoms with Crippen LogP contribution in [0.15, 0.2) is 66.7 Å². The number of imidazole rings is 1. The van der Waals surface area contributed by atoms with Crippen LogP contribution < -0.4 is 19.7 Å². The number of ether oxygens (including phenoxy) is 2. The number of thioether (sulfide) groups is 1. The van der Waals surface area contributed by atoms with Gasteiger partial charge < -0.3 is 19.4 Å². The lowest BCUT2D eigenvalue weighted by atomic mass is 10.1. The van der Waals surface area contributed by atoms with Gasteiger partial charge in [-0.15, -0.1) is 0 Å². The average molecular weight is 503 g/mol. The monoisotopic (exact) mass is 502 g/mol. The van der Waals surface area contributed by atoms with E-state index >= 15 is 0 Å². The zero-order chi connectivity index (χ0) is 25.2. The highest BCUT2D eigenvalue weighted by Crippen LogP contribution is 2.29. The predicted molar refractivity (Wildman–Crippen MR) is 141 cm³/mol. The first kappa shape index (κ1) is 23.7. The number of hydrogen-bond acceptors (Lipinski definition) is 7. The normalized spacial score (nSPS) is 16.1. The number of anilines is 1. The number of benzene rings is 3. The molecule has 2 heterocycles. The number of nitrogens with zero attached hydrogens (tertiary/aromatic N) is 2. The van der Waals surface area contributed by atoms with Crippen LogP contribution in [0.1, 0.15) is 24.4 Å². The molecule has 36 heavy (non-hydrogen) atoms. The lowest BCUT2D eigenvalue weighted by Crippen LogP contribution is -2.25. The third-order valence-electron chi connectivity index (χ3n) is 5.85. The number of aromatic nitrogens is 2. The van der Waals surface area contributed by atoms with Gasteiger partial charge in [-0.1, -0.05) is 30.0 Å². The molecule has 5 rings (SSSR count). The summed E-state index contributed by atoms with van der Waals surface area (Å²) in [5, 5.41) is 1.64. The van der Waals surface area contributed by atoms with Crippen molar-refractivity contribution < 1.29 is 19.1 Å². The van der Waals surface area contributed by atoms with Gasteiger partial charge in [0.05, 0.1) is 16.3 Å². The molecule has 1 fully saturated rings. The molecule has 4 aromatic rings. The summed E-state index contributed by atoms with van der Waals surface area (Å²) in [6, 6.07) is 21.2. The number of fused-ring (bicyclic) bond motifs is 1. The Labute approximate surface area is 213 Å². The van der Waals surface area contributed by atoms with Crippen LogP contribution in [-0.2, 0) is 11.2 Å². The molecule has 8 nitrogen and oxygen atoms in total. The van der Waals surface area contributed by atoms with Gasteiger partial charge in [-0.3, -0.25) is 14.9 Å². The molecule has 0 aliphatic carbocycles.